The van der Waals surface area contributed by atoms with Crippen molar-refractivity contribution in [2.45, 2.75) is 51.4 Å². The largest absolute Gasteiger partial charge is 0.481 e. The summed E-state index contributed by atoms with van der Waals surface area (Å²) in [5.41, 5.74) is -0.439. The monoisotopic (exact) mass is 282 g/mol. The topological polar surface area (TPSA) is 37.3 Å². The molecule has 0 spiro atoms. The maximum atomic E-state index is 13.3. The average Bonchev–Trinajstić information content (AvgIpc) is 2.31. The summed E-state index contributed by atoms with van der Waals surface area (Å²) in [6, 6.07) is 3.30. The van der Waals surface area contributed by atoms with Crippen molar-refractivity contribution in [3.63, 3.8) is 0 Å². The van der Waals surface area contributed by atoms with Gasteiger partial charge in [0.1, 0.15) is 11.6 Å². The van der Waals surface area contributed by atoms with Gasteiger partial charge >= 0.3 is 5.97 Å². The van der Waals surface area contributed by atoms with Gasteiger partial charge in [-0.25, -0.2) is 8.78 Å². The van der Waals surface area contributed by atoms with E-state index in [0.717, 1.165) is 38.2 Å². The van der Waals surface area contributed by atoms with Gasteiger partial charge in [0.2, 0.25) is 0 Å². The van der Waals surface area contributed by atoms with Crippen LogP contribution in [-0.4, -0.2) is 11.1 Å². The molecule has 2 nitrogen and oxygen atoms in total. The second kappa shape index (κ2) is 6.33. The third-order valence-corrected chi connectivity index (χ3v) is 4.23. The van der Waals surface area contributed by atoms with Gasteiger partial charge < -0.3 is 5.11 Å². The van der Waals surface area contributed by atoms with Gasteiger partial charge in [-0.15, -0.1) is 0 Å². The summed E-state index contributed by atoms with van der Waals surface area (Å²) in [5, 5.41) is 9.62. The molecule has 1 saturated carbocycles. The van der Waals surface area contributed by atoms with Crippen molar-refractivity contribution >= 4 is 5.97 Å². The number of carboxylic acids is 1. The number of carbonyl (C=O) groups is 1. The van der Waals surface area contributed by atoms with Gasteiger partial charge in [-0.05, 0) is 37.0 Å². The molecule has 0 atom stereocenters. The van der Waals surface area contributed by atoms with Crippen molar-refractivity contribution in [3.05, 3.63) is 35.4 Å². The molecule has 0 aromatic heterocycles. The second-order valence-electron chi connectivity index (χ2n) is 5.81. The Labute approximate surface area is 117 Å². The maximum absolute atomic E-state index is 13.3. The first-order chi connectivity index (χ1) is 9.52. The second-order valence-corrected chi connectivity index (χ2v) is 5.81. The molecule has 0 heterocycles. The van der Waals surface area contributed by atoms with Gasteiger partial charge in [0.25, 0.3) is 0 Å². The van der Waals surface area contributed by atoms with E-state index in [1.165, 1.54) is 12.1 Å². The molecule has 20 heavy (non-hydrogen) atoms. The molecule has 1 aromatic rings. The van der Waals surface area contributed by atoms with E-state index >= 15 is 0 Å². The summed E-state index contributed by atoms with van der Waals surface area (Å²) in [6.45, 7) is 0. The average molecular weight is 282 g/mol. The van der Waals surface area contributed by atoms with E-state index in [4.69, 9.17) is 0 Å². The van der Waals surface area contributed by atoms with Crippen molar-refractivity contribution in [2.24, 2.45) is 5.41 Å². The minimum absolute atomic E-state index is 0.205. The van der Waals surface area contributed by atoms with Crippen LogP contribution in [0.3, 0.4) is 0 Å². The highest BCUT2D eigenvalue weighted by Gasteiger charge is 2.38. The predicted molar refractivity (Wildman–Crippen MR) is 72.4 cm³/mol. The Morgan fingerprint density at radius 2 is 1.50 bits per heavy atom. The highest BCUT2D eigenvalue weighted by molar-refractivity contribution is 5.75. The Morgan fingerprint density at radius 3 is 2.00 bits per heavy atom. The number of halogens is 2. The number of rotatable bonds is 3. The Balaban J connectivity index is 2.25. The highest BCUT2D eigenvalue weighted by Crippen LogP contribution is 2.38. The molecule has 0 amide bonds. The predicted octanol–water partition coefficient (Wildman–Crippen LogP) is 4.32. The van der Waals surface area contributed by atoms with Crippen molar-refractivity contribution < 1.29 is 18.7 Å². The zero-order valence-electron chi connectivity index (χ0n) is 11.5. The Hall–Kier alpha value is -1.45. The number of hydrogen-bond donors (Lipinski definition) is 1. The minimum atomic E-state index is -0.874. The molecule has 0 radical (unpaired) electrons. The fraction of sp³-hybridized carbons (Fsp3) is 0.562. The molecule has 0 bridgehead atoms. The Bertz CT molecular complexity index is 457. The van der Waals surface area contributed by atoms with Crippen molar-refractivity contribution in [2.75, 3.05) is 0 Å². The fourth-order valence-electron chi connectivity index (χ4n) is 3.15. The van der Waals surface area contributed by atoms with Crippen LogP contribution in [0.5, 0.6) is 0 Å². The van der Waals surface area contributed by atoms with E-state index in [9.17, 15) is 18.7 Å². The van der Waals surface area contributed by atoms with E-state index in [-0.39, 0.29) is 6.42 Å². The van der Waals surface area contributed by atoms with E-state index in [1.54, 1.807) is 0 Å². The quantitative estimate of drug-likeness (QED) is 0.896. The van der Waals surface area contributed by atoms with Crippen LogP contribution in [0.2, 0.25) is 0 Å². The van der Waals surface area contributed by atoms with Gasteiger partial charge in [-0.1, -0.05) is 32.1 Å². The standard InChI is InChI=1S/C16H20F2O2/c17-13-8-12(9-14(18)10-13)11-16(15(19)20)6-4-2-1-3-5-7-16/h8-10H,1-7,11H2,(H,19,20). The van der Waals surface area contributed by atoms with Crippen LogP contribution in [0.1, 0.15) is 50.5 Å². The Kier molecular flexibility index (Phi) is 4.73. The highest BCUT2D eigenvalue weighted by atomic mass is 19.1. The van der Waals surface area contributed by atoms with Crippen LogP contribution in [0.25, 0.3) is 0 Å². The van der Waals surface area contributed by atoms with E-state index in [0.29, 0.717) is 18.4 Å². The molecule has 1 aliphatic rings. The van der Waals surface area contributed by atoms with E-state index in [1.807, 2.05) is 0 Å². The third kappa shape index (κ3) is 3.56. The third-order valence-electron chi connectivity index (χ3n) is 4.23. The summed E-state index contributed by atoms with van der Waals surface area (Å²) >= 11 is 0. The summed E-state index contributed by atoms with van der Waals surface area (Å²) < 4.78 is 26.5. The first-order valence-electron chi connectivity index (χ1n) is 7.20. The van der Waals surface area contributed by atoms with Gasteiger partial charge in [0.15, 0.2) is 0 Å². The zero-order valence-corrected chi connectivity index (χ0v) is 11.5. The zero-order chi connectivity index (χ0) is 14.6. The lowest BCUT2D eigenvalue weighted by Crippen LogP contribution is -2.34. The molecule has 1 N–H and O–H groups in total. The van der Waals surface area contributed by atoms with E-state index in [2.05, 4.69) is 0 Å². The maximum Gasteiger partial charge on any atom is 0.309 e. The lowest BCUT2D eigenvalue weighted by molar-refractivity contribution is -0.150. The minimum Gasteiger partial charge on any atom is -0.481 e. The fourth-order valence-corrected chi connectivity index (χ4v) is 3.15. The SMILES string of the molecule is O=C(O)C1(Cc2cc(F)cc(F)c2)CCCCCCC1. The van der Waals surface area contributed by atoms with Crippen LogP contribution in [0.4, 0.5) is 8.78 Å². The molecule has 110 valence electrons. The van der Waals surface area contributed by atoms with Gasteiger partial charge in [0.05, 0.1) is 5.41 Å². The van der Waals surface area contributed by atoms with E-state index < -0.39 is 23.0 Å². The first kappa shape index (κ1) is 14.9. The molecule has 0 saturated heterocycles. The molecular formula is C16H20F2O2. The van der Waals surface area contributed by atoms with Crippen molar-refractivity contribution in [1.82, 2.24) is 0 Å². The molecule has 4 heteroatoms. The lowest BCUT2D eigenvalue weighted by atomic mass is 9.72. The molecule has 0 aliphatic heterocycles. The smallest absolute Gasteiger partial charge is 0.309 e. The van der Waals surface area contributed by atoms with Gasteiger partial charge in [-0.3, -0.25) is 4.79 Å². The summed E-state index contributed by atoms with van der Waals surface area (Å²) in [7, 11) is 0. The summed E-state index contributed by atoms with van der Waals surface area (Å²) in [5.74, 6) is -2.14. The molecule has 1 aromatic carbocycles. The molecular weight excluding hydrogens is 262 g/mol. The van der Waals surface area contributed by atoms with Crippen LogP contribution in [0, 0.1) is 17.0 Å². The van der Waals surface area contributed by atoms with Crippen molar-refractivity contribution in [1.29, 1.82) is 0 Å². The number of aliphatic carboxylic acids is 1. The van der Waals surface area contributed by atoms with Crippen LogP contribution >= 0.6 is 0 Å². The van der Waals surface area contributed by atoms with Gasteiger partial charge in [-0.2, -0.15) is 0 Å². The number of benzene rings is 1. The normalized spacial score (nSPS) is 19.1. The summed E-state index contributed by atoms with van der Waals surface area (Å²) in [4.78, 5) is 11.7. The molecule has 0 unspecified atom stereocenters. The molecule has 1 fully saturated rings. The molecule has 1 aliphatic carbocycles. The van der Waals surface area contributed by atoms with Gasteiger partial charge in [0, 0.05) is 6.07 Å². The van der Waals surface area contributed by atoms with Crippen LogP contribution in [0.15, 0.2) is 18.2 Å². The lowest BCUT2D eigenvalue weighted by Gasteiger charge is -2.31. The Morgan fingerprint density at radius 1 is 1.00 bits per heavy atom. The van der Waals surface area contributed by atoms with Crippen LogP contribution < -0.4 is 0 Å². The number of carboxylic acid groups (broad SMARTS) is 1. The van der Waals surface area contributed by atoms with Crippen LogP contribution in [-0.2, 0) is 11.2 Å². The first-order valence-corrected chi connectivity index (χ1v) is 7.20. The summed E-state index contributed by atoms with van der Waals surface area (Å²) in [6.07, 6.45) is 6.31. The number of hydrogen-bond acceptors (Lipinski definition) is 1. The molecule has 2 rings (SSSR count). The van der Waals surface area contributed by atoms with Crippen molar-refractivity contribution in [3.8, 4) is 0 Å².